The molecule has 1 aliphatic heterocycles. The van der Waals surface area contributed by atoms with Crippen molar-refractivity contribution in [3.63, 3.8) is 0 Å². The zero-order chi connectivity index (χ0) is 12.3. The predicted octanol–water partition coefficient (Wildman–Crippen LogP) is 1.98. The van der Waals surface area contributed by atoms with Gasteiger partial charge in [0, 0.05) is 6.04 Å². The highest BCUT2D eigenvalue weighted by Crippen LogP contribution is 2.30. The van der Waals surface area contributed by atoms with Gasteiger partial charge in [0.05, 0.1) is 11.5 Å². The van der Waals surface area contributed by atoms with Crippen LogP contribution in [-0.4, -0.2) is 32.5 Å². The van der Waals surface area contributed by atoms with Gasteiger partial charge in [-0.15, -0.1) is 0 Å². The Balaban J connectivity index is 1.66. The van der Waals surface area contributed by atoms with E-state index in [1.807, 2.05) is 0 Å². The Kier molecular flexibility index (Phi) is 4.47. The highest BCUT2D eigenvalue weighted by molar-refractivity contribution is 7.91. The van der Waals surface area contributed by atoms with Crippen LogP contribution in [0.4, 0.5) is 0 Å². The molecule has 1 saturated heterocycles. The number of hydrogen-bond acceptors (Lipinski definition) is 3. The van der Waals surface area contributed by atoms with Crippen LogP contribution in [0.1, 0.15) is 45.4 Å². The number of nitrogens with one attached hydrogen (secondary N) is 1. The van der Waals surface area contributed by atoms with Crippen LogP contribution in [0, 0.1) is 11.8 Å². The molecule has 17 heavy (non-hydrogen) atoms. The Morgan fingerprint density at radius 1 is 1.06 bits per heavy atom. The summed E-state index contributed by atoms with van der Waals surface area (Å²) >= 11 is 0. The van der Waals surface area contributed by atoms with Crippen LogP contribution in [0.15, 0.2) is 0 Å². The zero-order valence-corrected chi connectivity index (χ0v) is 11.6. The molecule has 1 atom stereocenters. The largest absolute Gasteiger partial charge is 0.313 e. The van der Waals surface area contributed by atoms with Crippen molar-refractivity contribution in [2.24, 2.45) is 11.8 Å². The fourth-order valence-electron chi connectivity index (χ4n) is 3.13. The van der Waals surface area contributed by atoms with Gasteiger partial charge in [-0.3, -0.25) is 0 Å². The summed E-state index contributed by atoms with van der Waals surface area (Å²) in [4.78, 5) is 0. The van der Waals surface area contributed by atoms with Gasteiger partial charge in [0.2, 0.25) is 0 Å². The highest BCUT2D eigenvalue weighted by atomic mass is 32.2. The van der Waals surface area contributed by atoms with Crippen LogP contribution in [0.25, 0.3) is 0 Å². The summed E-state index contributed by atoms with van der Waals surface area (Å²) in [6.07, 6.45) is 7.52. The van der Waals surface area contributed by atoms with Gasteiger partial charge in [-0.25, -0.2) is 8.42 Å². The van der Waals surface area contributed by atoms with Gasteiger partial charge in [0.1, 0.15) is 0 Å². The molecule has 1 N–H and O–H groups in total. The molecule has 2 aliphatic rings. The molecule has 0 aromatic rings. The monoisotopic (exact) mass is 259 g/mol. The highest BCUT2D eigenvalue weighted by Gasteiger charge is 2.28. The normalized spacial score (nSPS) is 37.1. The van der Waals surface area contributed by atoms with Gasteiger partial charge in [-0.1, -0.05) is 26.2 Å². The lowest BCUT2D eigenvalue weighted by Crippen LogP contribution is -2.35. The second kappa shape index (κ2) is 5.70. The number of sulfone groups is 1. The second-order valence-electron chi connectivity index (χ2n) is 5.80. The minimum atomic E-state index is -2.72. The first-order valence-corrected chi connectivity index (χ1v) is 8.85. The van der Waals surface area contributed by atoms with E-state index in [4.69, 9.17) is 0 Å². The minimum Gasteiger partial charge on any atom is -0.313 e. The van der Waals surface area contributed by atoms with E-state index in [-0.39, 0.29) is 6.04 Å². The van der Waals surface area contributed by atoms with Gasteiger partial charge in [-0.05, 0) is 37.6 Å². The lowest BCUT2D eigenvalue weighted by molar-refractivity contribution is 0.258. The molecule has 2 fully saturated rings. The summed E-state index contributed by atoms with van der Waals surface area (Å²) in [6.45, 7) is 3.31. The van der Waals surface area contributed by atoms with Gasteiger partial charge in [-0.2, -0.15) is 0 Å². The van der Waals surface area contributed by atoms with Crippen LogP contribution >= 0.6 is 0 Å². The Hall–Kier alpha value is -0.0900. The molecule has 3 nitrogen and oxygen atoms in total. The zero-order valence-electron chi connectivity index (χ0n) is 10.8. The summed E-state index contributed by atoms with van der Waals surface area (Å²) in [7, 11) is -2.72. The Morgan fingerprint density at radius 2 is 1.71 bits per heavy atom. The lowest BCUT2D eigenvalue weighted by atomic mass is 9.81. The molecule has 0 amide bonds. The summed E-state index contributed by atoms with van der Waals surface area (Å²) in [6, 6.07) is 0.226. The fraction of sp³-hybridized carbons (Fsp3) is 1.00. The quantitative estimate of drug-likeness (QED) is 0.839. The molecule has 1 saturated carbocycles. The third-order valence-corrected chi connectivity index (χ3v) is 6.24. The van der Waals surface area contributed by atoms with E-state index in [0.29, 0.717) is 11.5 Å². The smallest absolute Gasteiger partial charge is 0.151 e. The molecule has 4 heteroatoms. The van der Waals surface area contributed by atoms with Gasteiger partial charge >= 0.3 is 0 Å². The molecule has 1 heterocycles. The molecule has 0 spiro atoms. The standard InChI is InChI=1S/C13H25NO2S/c1-2-11-3-5-12(6-4-11)9-14-13-7-8-17(15,16)10-13/h11-14H,2-10H2,1H3. The second-order valence-corrected chi connectivity index (χ2v) is 8.03. The molecule has 2 rings (SSSR count). The molecule has 0 aromatic carbocycles. The van der Waals surface area contributed by atoms with E-state index in [9.17, 15) is 8.42 Å². The van der Waals surface area contributed by atoms with Gasteiger partial charge < -0.3 is 5.32 Å². The van der Waals surface area contributed by atoms with Crippen molar-refractivity contribution in [3.05, 3.63) is 0 Å². The SMILES string of the molecule is CCC1CCC(CNC2CCS(=O)(=O)C2)CC1. The van der Waals surface area contributed by atoms with E-state index in [0.717, 1.165) is 24.8 Å². The topological polar surface area (TPSA) is 46.2 Å². The van der Waals surface area contributed by atoms with Crippen molar-refractivity contribution in [1.29, 1.82) is 0 Å². The first kappa shape index (κ1) is 13.3. The Bertz CT molecular complexity index is 331. The lowest BCUT2D eigenvalue weighted by Gasteiger charge is -2.28. The molecule has 1 unspecified atom stereocenters. The van der Waals surface area contributed by atoms with E-state index in [1.165, 1.54) is 32.1 Å². The molecule has 0 aromatic heterocycles. The van der Waals surface area contributed by atoms with Gasteiger partial charge in [0.15, 0.2) is 9.84 Å². The third kappa shape index (κ3) is 3.95. The fourth-order valence-corrected chi connectivity index (χ4v) is 4.84. The average Bonchev–Trinajstić information content (AvgIpc) is 2.67. The van der Waals surface area contributed by atoms with Crippen LogP contribution < -0.4 is 5.32 Å². The summed E-state index contributed by atoms with van der Waals surface area (Å²) in [5, 5.41) is 3.46. The first-order chi connectivity index (χ1) is 8.09. The minimum absolute atomic E-state index is 0.226. The number of hydrogen-bond donors (Lipinski definition) is 1. The molecular formula is C13H25NO2S. The molecule has 1 aliphatic carbocycles. The van der Waals surface area contributed by atoms with E-state index in [2.05, 4.69) is 12.2 Å². The van der Waals surface area contributed by atoms with Crippen LogP contribution in [0.2, 0.25) is 0 Å². The molecular weight excluding hydrogens is 234 g/mol. The van der Waals surface area contributed by atoms with E-state index in [1.54, 1.807) is 0 Å². The van der Waals surface area contributed by atoms with Crippen LogP contribution in [0.3, 0.4) is 0 Å². The summed E-state index contributed by atoms with van der Waals surface area (Å²) in [5.41, 5.74) is 0. The van der Waals surface area contributed by atoms with Crippen LogP contribution in [0.5, 0.6) is 0 Å². The number of rotatable bonds is 4. The average molecular weight is 259 g/mol. The van der Waals surface area contributed by atoms with Crippen molar-refractivity contribution in [3.8, 4) is 0 Å². The Labute approximate surface area is 105 Å². The van der Waals surface area contributed by atoms with Crippen molar-refractivity contribution in [2.45, 2.75) is 51.5 Å². The summed E-state index contributed by atoms with van der Waals surface area (Å²) < 4.78 is 22.7. The maximum absolute atomic E-state index is 11.3. The van der Waals surface area contributed by atoms with Crippen molar-refractivity contribution >= 4 is 9.84 Å². The van der Waals surface area contributed by atoms with Crippen molar-refractivity contribution < 1.29 is 8.42 Å². The van der Waals surface area contributed by atoms with Crippen molar-refractivity contribution in [2.75, 3.05) is 18.1 Å². The summed E-state index contributed by atoms with van der Waals surface area (Å²) in [5.74, 6) is 2.46. The first-order valence-electron chi connectivity index (χ1n) is 7.03. The third-order valence-electron chi connectivity index (χ3n) is 4.47. The van der Waals surface area contributed by atoms with Gasteiger partial charge in [0.25, 0.3) is 0 Å². The predicted molar refractivity (Wildman–Crippen MR) is 70.8 cm³/mol. The molecule has 0 bridgehead atoms. The van der Waals surface area contributed by atoms with E-state index < -0.39 is 9.84 Å². The van der Waals surface area contributed by atoms with Crippen molar-refractivity contribution in [1.82, 2.24) is 5.32 Å². The maximum Gasteiger partial charge on any atom is 0.151 e. The molecule has 0 radical (unpaired) electrons. The maximum atomic E-state index is 11.3. The van der Waals surface area contributed by atoms with Crippen LogP contribution in [-0.2, 0) is 9.84 Å². The molecule has 100 valence electrons. The Morgan fingerprint density at radius 3 is 2.24 bits per heavy atom. The van der Waals surface area contributed by atoms with E-state index >= 15 is 0 Å².